The van der Waals surface area contributed by atoms with E-state index in [-0.39, 0.29) is 0 Å². The molecular formula is C18H16BrNO4. The van der Waals surface area contributed by atoms with E-state index in [4.69, 9.17) is 18.7 Å². The van der Waals surface area contributed by atoms with Crippen LogP contribution in [0.1, 0.15) is 0 Å². The molecule has 0 saturated heterocycles. The Hall–Kier alpha value is -2.47. The number of benzene rings is 2. The van der Waals surface area contributed by atoms with Crippen molar-refractivity contribution >= 4 is 15.9 Å². The molecule has 0 radical (unpaired) electrons. The molecule has 0 aliphatic carbocycles. The lowest BCUT2D eigenvalue weighted by atomic mass is 10.0. The van der Waals surface area contributed by atoms with Gasteiger partial charge in [0.05, 0.1) is 26.9 Å². The van der Waals surface area contributed by atoms with Gasteiger partial charge in [0.1, 0.15) is 17.7 Å². The molecule has 6 heteroatoms. The molecule has 0 N–H and O–H groups in total. The van der Waals surface area contributed by atoms with Crippen molar-refractivity contribution < 1.29 is 18.7 Å². The molecule has 0 amide bonds. The van der Waals surface area contributed by atoms with Crippen LogP contribution in [0.25, 0.3) is 22.4 Å². The Kier molecular flexibility index (Phi) is 4.76. The molecule has 0 bridgehead atoms. The number of aromatic nitrogens is 1. The van der Waals surface area contributed by atoms with Gasteiger partial charge < -0.3 is 18.7 Å². The molecule has 1 aromatic heterocycles. The molecule has 0 unspecified atom stereocenters. The van der Waals surface area contributed by atoms with Crippen molar-refractivity contribution in [2.24, 2.45) is 0 Å². The SMILES string of the molecule is COc1cc(OC)c(-c2nocc2-c2ccc(Br)cc2)cc1OC. The van der Waals surface area contributed by atoms with Gasteiger partial charge in [0.25, 0.3) is 0 Å². The molecule has 0 fully saturated rings. The van der Waals surface area contributed by atoms with E-state index in [2.05, 4.69) is 21.1 Å². The monoisotopic (exact) mass is 389 g/mol. The molecule has 0 spiro atoms. The highest BCUT2D eigenvalue weighted by atomic mass is 79.9. The highest BCUT2D eigenvalue weighted by Crippen LogP contribution is 2.42. The molecule has 2 aromatic carbocycles. The molecule has 3 aromatic rings. The average molecular weight is 390 g/mol. The Morgan fingerprint density at radius 1 is 0.833 bits per heavy atom. The standard InChI is InChI=1S/C18H16BrNO4/c1-21-15-9-17(23-3)16(22-2)8-13(15)18-14(10-24-20-18)11-4-6-12(19)7-5-11/h4-10H,1-3H3. The Morgan fingerprint density at radius 3 is 2.08 bits per heavy atom. The summed E-state index contributed by atoms with van der Waals surface area (Å²) >= 11 is 3.44. The second kappa shape index (κ2) is 6.97. The summed E-state index contributed by atoms with van der Waals surface area (Å²) in [6.45, 7) is 0. The molecule has 5 nitrogen and oxygen atoms in total. The van der Waals surface area contributed by atoms with Crippen LogP contribution in [0.5, 0.6) is 17.2 Å². The summed E-state index contributed by atoms with van der Waals surface area (Å²) in [5, 5.41) is 4.16. The summed E-state index contributed by atoms with van der Waals surface area (Å²) in [6.07, 6.45) is 1.62. The number of nitrogens with zero attached hydrogens (tertiary/aromatic N) is 1. The third-order valence-electron chi connectivity index (χ3n) is 3.69. The van der Waals surface area contributed by atoms with E-state index in [1.807, 2.05) is 30.3 Å². The maximum atomic E-state index is 5.50. The van der Waals surface area contributed by atoms with Gasteiger partial charge in [0.15, 0.2) is 11.5 Å². The molecule has 0 aliphatic heterocycles. The first-order valence-electron chi connectivity index (χ1n) is 7.18. The van der Waals surface area contributed by atoms with Crippen LogP contribution in [-0.2, 0) is 0 Å². The Labute approximate surface area is 148 Å². The smallest absolute Gasteiger partial charge is 0.164 e. The Bertz CT molecular complexity index is 843. The number of rotatable bonds is 5. The van der Waals surface area contributed by atoms with Gasteiger partial charge in [-0.2, -0.15) is 0 Å². The van der Waals surface area contributed by atoms with Crippen molar-refractivity contribution in [1.82, 2.24) is 5.16 Å². The fraction of sp³-hybridized carbons (Fsp3) is 0.167. The first kappa shape index (κ1) is 16.4. The van der Waals surface area contributed by atoms with Gasteiger partial charge in [-0.15, -0.1) is 0 Å². The van der Waals surface area contributed by atoms with Gasteiger partial charge in [0, 0.05) is 16.1 Å². The quantitative estimate of drug-likeness (QED) is 0.627. The maximum absolute atomic E-state index is 5.50. The molecular weight excluding hydrogens is 374 g/mol. The minimum Gasteiger partial charge on any atom is -0.496 e. The summed E-state index contributed by atoms with van der Waals surface area (Å²) in [7, 11) is 4.77. The van der Waals surface area contributed by atoms with E-state index in [1.54, 1.807) is 33.7 Å². The Morgan fingerprint density at radius 2 is 1.46 bits per heavy atom. The lowest BCUT2D eigenvalue weighted by molar-refractivity contribution is 0.349. The summed E-state index contributed by atoms with van der Waals surface area (Å²) in [5.74, 6) is 1.81. The molecule has 1 heterocycles. The minimum atomic E-state index is 0.590. The van der Waals surface area contributed by atoms with Crippen LogP contribution in [0.2, 0.25) is 0 Å². The van der Waals surface area contributed by atoms with Crippen molar-refractivity contribution in [3.8, 4) is 39.6 Å². The number of methoxy groups -OCH3 is 3. The van der Waals surface area contributed by atoms with Crippen molar-refractivity contribution in [1.29, 1.82) is 0 Å². The van der Waals surface area contributed by atoms with Crippen LogP contribution in [0.15, 0.2) is 51.7 Å². The predicted molar refractivity (Wildman–Crippen MR) is 94.7 cm³/mol. The van der Waals surface area contributed by atoms with E-state index in [0.717, 1.165) is 21.2 Å². The van der Waals surface area contributed by atoms with E-state index >= 15 is 0 Å². The normalized spacial score (nSPS) is 10.5. The van der Waals surface area contributed by atoms with Gasteiger partial charge in [-0.3, -0.25) is 0 Å². The highest BCUT2D eigenvalue weighted by Gasteiger charge is 2.19. The van der Waals surface area contributed by atoms with E-state index in [0.29, 0.717) is 22.9 Å². The molecule has 124 valence electrons. The van der Waals surface area contributed by atoms with Crippen LogP contribution < -0.4 is 14.2 Å². The third-order valence-corrected chi connectivity index (χ3v) is 4.21. The molecule has 24 heavy (non-hydrogen) atoms. The Balaban J connectivity index is 2.16. The summed E-state index contributed by atoms with van der Waals surface area (Å²) in [4.78, 5) is 0. The number of hydrogen-bond acceptors (Lipinski definition) is 5. The highest BCUT2D eigenvalue weighted by molar-refractivity contribution is 9.10. The number of ether oxygens (including phenoxy) is 3. The van der Waals surface area contributed by atoms with Gasteiger partial charge >= 0.3 is 0 Å². The van der Waals surface area contributed by atoms with E-state index in [9.17, 15) is 0 Å². The minimum absolute atomic E-state index is 0.590. The van der Waals surface area contributed by atoms with E-state index < -0.39 is 0 Å². The predicted octanol–water partition coefficient (Wildman–Crippen LogP) is 4.80. The summed E-state index contributed by atoms with van der Waals surface area (Å²) in [6, 6.07) is 11.5. The first-order chi connectivity index (χ1) is 11.7. The second-order valence-corrected chi connectivity index (χ2v) is 5.91. The molecule has 0 saturated carbocycles. The number of hydrogen-bond donors (Lipinski definition) is 0. The van der Waals surface area contributed by atoms with Crippen LogP contribution in [0, 0.1) is 0 Å². The fourth-order valence-electron chi connectivity index (χ4n) is 2.48. The lowest BCUT2D eigenvalue weighted by Crippen LogP contribution is -1.95. The average Bonchev–Trinajstić information content (AvgIpc) is 3.10. The summed E-state index contributed by atoms with van der Waals surface area (Å²) < 4.78 is 22.4. The fourth-order valence-corrected chi connectivity index (χ4v) is 2.74. The molecule has 0 aliphatic rings. The lowest BCUT2D eigenvalue weighted by Gasteiger charge is -2.13. The van der Waals surface area contributed by atoms with E-state index in [1.165, 1.54) is 0 Å². The molecule has 3 rings (SSSR count). The third kappa shape index (κ3) is 2.97. The van der Waals surface area contributed by atoms with Crippen LogP contribution in [0.3, 0.4) is 0 Å². The second-order valence-electron chi connectivity index (χ2n) is 4.99. The van der Waals surface area contributed by atoms with Crippen molar-refractivity contribution in [2.45, 2.75) is 0 Å². The summed E-state index contributed by atoms with van der Waals surface area (Å²) in [5.41, 5.74) is 3.30. The maximum Gasteiger partial charge on any atom is 0.164 e. The number of halogens is 1. The van der Waals surface area contributed by atoms with Gasteiger partial charge in [-0.05, 0) is 23.8 Å². The van der Waals surface area contributed by atoms with Gasteiger partial charge in [-0.25, -0.2) is 0 Å². The zero-order valence-electron chi connectivity index (χ0n) is 13.5. The van der Waals surface area contributed by atoms with Crippen LogP contribution in [0.4, 0.5) is 0 Å². The largest absolute Gasteiger partial charge is 0.496 e. The zero-order chi connectivity index (χ0) is 17.1. The van der Waals surface area contributed by atoms with Gasteiger partial charge in [-0.1, -0.05) is 33.2 Å². The van der Waals surface area contributed by atoms with Crippen LogP contribution in [-0.4, -0.2) is 26.5 Å². The zero-order valence-corrected chi connectivity index (χ0v) is 15.1. The van der Waals surface area contributed by atoms with Crippen molar-refractivity contribution in [3.63, 3.8) is 0 Å². The van der Waals surface area contributed by atoms with Crippen molar-refractivity contribution in [2.75, 3.05) is 21.3 Å². The first-order valence-corrected chi connectivity index (χ1v) is 7.98. The van der Waals surface area contributed by atoms with Crippen molar-refractivity contribution in [3.05, 3.63) is 47.1 Å². The van der Waals surface area contributed by atoms with Gasteiger partial charge in [0.2, 0.25) is 0 Å². The van der Waals surface area contributed by atoms with Crippen LogP contribution >= 0.6 is 15.9 Å². The topological polar surface area (TPSA) is 53.7 Å². The molecule has 0 atom stereocenters.